The zero-order valence-corrected chi connectivity index (χ0v) is 12.7. The lowest BCUT2D eigenvalue weighted by molar-refractivity contribution is -0.146. The zero-order chi connectivity index (χ0) is 16.1. The van der Waals surface area contributed by atoms with Gasteiger partial charge in [0.1, 0.15) is 0 Å². The van der Waals surface area contributed by atoms with E-state index in [1.807, 2.05) is 13.8 Å². The Kier molecular flexibility index (Phi) is 11.6. The highest BCUT2D eigenvalue weighted by molar-refractivity contribution is 5.74. The van der Waals surface area contributed by atoms with E-state index in [4.69, 9.17) is 19.7 Å². The number of carbonyl (C=O) groups excluding carboxylic acids is 1. The van der Waals surface area contributed by atoms with Gasteiger partial charge in [0.05, 0.1) is 13.2 Å². The number of carboxylic acid groups (broad SMARTS) is 1. The van der Waals surface area contributed by atoms with Crippen molar-refractivity contribution in [3.8, 4) is 0 Å². The van der Waals surface area contributed by atoms with Crippen LogP contribution >= 0.6 is 0 Å². The lowest BCUT2D eigenvalue weighted by atomic mass is 10.2. The van der Waals surface area contributed by atoms with E-state index in [1.165, 1.54) is 0 Å². The first kappa shape index (κ1) is 19.6. The molecule has 0 rings (SSSR count). The quantitative estimate of drug-likeness (QED) is 0.435. The number of nitrogens with one attached hydrogen (secondary N) is 1. The van der Waals surface area contributed by atoms with Crippen molar-refractivity contribution in [2.75, 3.05) is 46.1 Å². The van der Waals surface area contributed by atoms with Crippen molar-refractivity contribution in [2.45, 2.75) is 26.4 Å². The first-order valence-electron chi connectivity index (χ1n) is 7.12. The predicted octanol–water partition coefficient (Wildman–Crippen LogP) is -0.0934. The molecule has 1 atom stereocenters. The van der Waals surface area contributed by atoms with E-state index in [9.17, 15) is 9.59 Å². The van der Waals surface area contributed by atoms with Crippen LogP contribution in [0.25, 0.3) is 0 Å². The Balaban J connectivity index is 4.12. The average Bonchev–Trinajstić information content (AvgIpc) is 2.45. The van der Waals surface area contributed by atoms with Crippen LogP contribution in [0, 0.1) is 0 Å². The van der Waals surface area contributed by atoms with Crippen LogP contribution in [0.4, 0.5) is 4.79 Å². The number of carbonyl (C=O) groups is 2. The minimum atomic E-state index is -1.47. The molecule has 0 saturated heterocycles. The topological polar surface area (TPSA) is 108 Å². The maximum Gasteiger partial charge on any atom is 0.332 e. The van der Waals surface area contributed by atoms with E-state index in [2.05, 4.69) is 5.32 Å². The van der Waals surface area contributed by atoms with Gasteiger partial charge in [0.15, 0.2) is 6.10 Å². The average molecular weight is 306 g/mol. The minimum absolute atomic E-state index is 0.0359. The summed E-state index contributed by atoms with van der Waals surface area (Å²) >= 11 is 0. The van der Waals surface area contributed by atoms with E-state index in [1.54, 1.807) is 4.90 Å². The number of aliphatic hydroxyl groups excluding tert-OH is 1. The maximum atomic E-state index is 12.0. The second kappa shape index (κ2) is 12.4. The molecule has 2 amide bonds. The van der Waals surface area contributed by atoms with Crippen LogP contribution in [0.1, 0.15) is 20.3 Å². The molecule has 8 heteroatoms. The number of rotatable bonds is 12. The van der Waals surface area contributed by atoms with Gasteiger partial charge in [-0.2, -0.15) is 0 Å². The summed E-state index contributed by atoms with van der Waals surface area (Å²) in [7, 11) is 0. The maximum absolute atomic E-state index is 12.0. The summed E-state index contributed by atoms with van der Waals surface area (Å²) in [6.45, 7) is 6.68. The molecule has 3 N–H and O–H groups in total. The molecule has 0 radical (unpaired) electrons. The minimum Gasteiger partial charge on any atom is -0.479 e. The van der Waals surface area contributed by atoms with Crippen molar-refractivity contribution < 1.29 is 29.3 Å². The number of nitrogens with zero attached hydrogens (tertiary/aromatic N) is 1. The standard InChI is InChI=1S/C13H26N2O6/c1-3-20-9-7-15(8-10-21-4-2)13(19)14-6-5-11(16)12(17)18/h11,16H,3-10H2,1-2H3,(H,14,19)(H,17,18). The molecule has 8 nitrogen and oxygen atoms in total. The van der Waals surface area contributed by atoms with Gasteiger partial charge in [0.2, 0.25) is 0 Å². The molecule has 0 aliphatic rings. The molecule has 0 aliphatic heterocycles. The third kappa shape index (κ3) is 10.1. The summed E-state index contributed by atoms with van der Waals surface area (Å²) in [6, 6.07) is -0.327. The second-order valence-corrected chi connectivity index (χ2v) is 4.26. The summed E-state index contributed by atoms with van der Waals surface area (Å²) in [4.78, 5) is 23.9. The van der Waals surface area contributed by atoms with E-state index in [0.29, 0.717) is 39.5 Å². The molecule has 0 aromatic rings. The molecule has 0 aromatic heterocycles. The highest BCUT2D eigenvalue weighted by Crippen LogP contribution is 1.94. The number of urea groups is 1. The largest absolute Gasteiger partial charge is 0.479 e. The van der Waals surface area contributed by atoms with Gasteiger partial charge in [-0.3, -0.25) is 0 Å². The molecular weight excluding hydrogens is 280 g/mol. The van der Waals surface area contributed by atoms with Gasteiger partial charge >= 0.3 is 12.0 Å². The predicted molar refractivity (Wildman–Crippen MR) is 76.2 cm³/mol. The molecule has 0 saturated carbocycles. The van der Waals surface area contributed by atoms with Gasteiger partial charge in [-0.05, 0) is 13.8 Å². The van der Waals surface area contributed by atoms with Gasteiger partial charge in [0.25, 0.3) is 0 Å². The van der Waals surface area contributed by atoms with Crippen LogP contribution in [0.2, 0.25) is 0 Å². The molecular formula is C13H26N2O6. The SMILES string of the molecule is CCOCCN(CCOCC)C(=O)NCCC(O)C(=O)O. The number of amides is 2. The van der Waals surface area contributed by atoms with Crippen molar-refractivity contribution in [3.05, 3.63) is 0 Å². The fraction of sp³-hybridized carbons (Fsp3) is 0.846. The number of aliphatic carboxylic acids is 1. The molecule has 0 spiro atoms. The highest BCUT2D eigenvalue weighted by Gasteiger charge is 2.16. The third-order valence-corrected chi connectivity index (χ3v) is 2.69. The number of hydrogen-bond acceptors (Lipinski definition) is 5. The zero-order valence-electron chi connectivity index (χ0n) is 12.7. The molecule has 0 bridgehead atoms. The summed E-state index contributed by atoms with van der Waals surface area (Å²) in [6.07, 6.45) is -1.50. The van der Waals surface area contributed by atoms with Crippen molar-refractivity contribution in [1.29, 1.82) is 0 Å². The van der Waals surface area contributed by atoms with E-state index < -0.39 is 12.1 Å². The molecule has 124 valence electrons. The Morgan fingerprint density at radius 2 is 1.67 bits per heavy atom. The molecule has 0 fully saturated rings. The molecule has 1 unspecified atom stereocenters. The van der Waals surface area contributed by atoms with Gasteiger partial charge in [-0.25, -0.2) is 9.59 Å². The Labute approximate surface area is 125 Å². The van der Waals surface area contributed by atoms with Gasteiger partial charge in [0, 0.05) is 39.3 Å². The first-order chi connectivity index (χ1) is 10.0. The Morgan fingerprint density at radius 1 is 1.14 bits per heavy atom. The molecule has 0 aromatic carbocycles. The lowest BCUT2D eigenvalue weighted by Gasteiger charge is -2.23. The number of ether oxygens (including phenoxy) is 2. The van der Waals surface area contributed by atoms with Gasteiger partial charge < -0.3 is 29.9 Å². The first-order valence-corrected chi connectivity index (χ1v) is 7.12. The number of carboxylic acids is 1. The lowest BCUT2D eigenvalue weighted by Crippen LogP contribution is -2.44. The van der Waals surface area contributed by atoms with Gasteiger partial charge in [-0.15, -0.1) is 0 Å². The normalized spacial score (nSPS) is 12.0. The summed E-state index contributed by atoms with van der Waals surface area (Å²) in [5.41, 5.74) is 0. The summed E-state index contributed by atoms with van der Waals surface area (Å²) < 4.78 is 10.4. The van der Waals surface area contributed by atoms with Crippen LogP contribution in [0.15, 0.2) is 0 Å². The smallest absolute Gasteiger partial charge is 0.332 e. The highest BCUT2D eigenvalue weighted by atomic mass is 16.5. The third-order valence-electron chi connectivity index (χ3n) is 2.69. The van der Waals surface area contributed by atoms with Crippen molar-refractivity contribution in [3.63, 3.8) is 0 Å². The number of hydrogen-bond donors (Lipinski definition) is 3. The van der Waals surface area contributed by atoms with E-state index in [-0.39, 0.29) is 19.0 Å². The second-order valence-electron chi connectivity index (χ2n) is 4.26. The molecule has 0 heterocycles. The fourth-order valence-electron chi connectivity index (χ4n) is 1.50. The van der Waals surface area contributed by atoms with Crippen LogP contribution in [-0.2, 0) is 14.3 Å². The van der Waals surface area contributed by atoms with Crippen LogP contribution in [0.3, 0.4) is 0 Å². The Morgan fingerprint density at radius 3 is 2.10 bits per heavy atom. The summed E-state index contributed by atoms with van der Waals surface area (Å²) in [5.74, 6) is -1.30. The van der Waals surface area contributed by atoms with Crippen molar-refractivity contribution in [1.82, 2.24) is 10.2 Å². The Hall–Kier alpha value is -1.38. The van der Waals surface area contributed by atoms with Crippen molar-refractivity contribution >= 4 is 12.0 Å². The van der Waals surface area contributed by atoms with E-state index >= 15 is 0 Å². The summed E-state index contributed by atoms with van der Waals surface area (Å²) in [5, 5.41) is 20.2. The van der Waals surface area contributed by atoms with E-state index in [0.717, 1.165) is 0 Å². The molecule has 21 heavy (non-hydrogen) atoms. The molecule has 0 aliphatic carbocycles. The van der Waals surface area contributed by atoms with Crippen LogP contribution in [0.5, 0.6) is 0 Å². The van der Waals surface area contributed by atoms with Crippen molar-refractivity contribution in [2.24, 2.45) is 0 Å². The number of aliphatic hydroxyl groups is 1. The monoisotopic (exact) mass is 306 g/mol. The van der Waals surface area contributed by atoms with Crippen LogP contribution in [-0.4, -0.2) is 79.3 Å². The van der Waals surface area contributed by atoms with Crippen LogP contribution < -0.4 is 5.32 Å². The van der Waals surface area contributed by atoms with Gasteiger partial charge in [-0.1, -0.05) is 0 Å². The fourth-order valence-corrected chi connectivity index (χ4v) is 1.50. The Bertz CT molecular complexity index is 290.